The molecule has 0 atom stereocenters. The summed E-state index contributed by atoms with van der Waals surface area (Å²) in [5.41, 5.74) is 6.59. The van der Waals surface area contributed by atoms with Crippen LogP contribution >= 0.6 is 0 Å². The molecule has 1 rings (SSSR count). The highest BCUT2D eigenvalue weighted by Gasteiger charge is 1.95. The second kappa shape index (κ2) is 3.43. The summed E-state index contributed by atoms with van der Waals surface area (Å²) in [7, 11) is 0. The first-order chi connectivity index (χ1) is 5.38. The molecule has 11 heavy (non-hydrogen) atoms. The predicted molar refractivity (Wildman–Crippen MR) is 44.2 cm³/mol. The summed E-state index contributed by atoms with van der Waals surface area (Å²) in [4.78, 5) is 0. The Morgan fingerprint density at radius 2 is 2.00 bits per heavy atom. The van der Waals surface area contributed by atoms with E-state index in [1.54, 1.807) is 0 Å². The molecule has 0 radical (unpaired) electrons. The molecule has 2 heteroatoms. The number of hydrogen-bond donors (Lipinski definition) is 1. The van der Waals surface area contributed by atoms with Gasteiger partial charge in [-0.15, -0.1) is 0 Å². The fourth-order valence-corrected chi connectivity index (χ4v) is 0.816. The molecule has 2 nitrogen and oxygen atoms in total. The lowest BCUT2D eigenvalue weighted by Gasteiger charge is -1.94. The number of nitriles is 1. The molecule has 0 spiro atoms. The van der Waals surface area contributed by atoms with Crippen LogP contribution in [0.4, 0.5) is 0 Å². The van der Waals surface area contributed by atoms with E-state index in [1.807, 2.05) is 36.4 Å². The quantitative estimate of drug-likeness (QED) is 0.607. The number of hydrogen-bond acceptors (Lipinski definition) is 2. The maximum absolute atomic E-state index is 8.58. The average molecular weight is 144 g/mol. The smallest absolute Gasteiger partial charge is 0.101 e. The van der Waals surface area contributed by atoms with Crippen molar-refractivity contribution in [3.8, 4) is 6.07 Å². The molecule has 1 aromatic carbocycles. The van der Waals surface area contributed by atoms with Crippen LogP contribution in [0.2, 0.25) is 0 Å². The van der Waals surface area contributed by atoms with Crippen LogP contribution < -0.4 is 5.73 Å². The van der Waals surface area contributed by atoms with Crippen LogP contribution in [0.15, 0.2) is 36.5 Å². The monoisotopic (exact) mass is 144 g/mol. The third-order valence-electron chi connectivity index (χ3n) is 1.37. The lowest BCUT2D eigenvalue weighted by atomic mass is 10.1. The number of nitrogens with zero attached hydrogens (tertiary/aromatic N) is 1. The van der Waals surface area contributed by atoms with E-state index in [4.69, 9.17) is 11.0 Å². The van der Waals surface area contributed by atoms with Gasteiger partial charge in [-0.1, -0.05) is 30.3 Å². The Hall–Kier alpha value is -1.75. The van der Waals surface area contributed by atoms with Gasteiger partial charge >= 0.3 is 0 Å². The maximum Gasteiger partial charge on any atom is 0.101 e. The standard InChI is InChI=1S/C9H8N2/c10-6-9(7-11)8-4-2-1-3-5-8/h1-6H,10H2/b9-6-. The normalized spacial score (nSPS) is 10.6. The molecule has 0 saturated heterocycles. The van der Waals surface area contributed by atoms with Crippen LogP contribution in [0.5, 0.6) is 0 Å². The summed E-state index contributed by atoms with van der Waals surface area (Å²) in [5.74, 6) is 0. The minimum Gasteiger partial charge on any atom is -0.404 e. The van der Waals surface area contributed by atoms with Gasteiger partial charge in [0, 0.05) is 6.20 Å². The van der Waals surface area contributed by atoms with Crippen molar-refractivity contribution in [2.45, 2.75) is 0 Å². The van der Waals surface area contributed by atoms with E-state index in [0.29, 0.717) is 5.57 Å². The molecule has 54 valence electrons. The van der Waals surface area contributed by atoms with Crippen molar-refractivity contribution in [2.75, 3.05) is 0 Å². The fraction of sp³-hybridized carbons (Fsp3) is 0. The molecule has 0 amide bonds. The molecular formula is C9H8N2. The molecule has 2 N–H and O–H groups in total. The second-order valence-electron chi connectivity index (χ2n) is 2.06. The first-order valence-electron chi connectivity index (χ1n) is 3.26. The Morgan fingerprint density at radius 3 is 2.45 bits per heavy atom. The zero-order valence-electron chi connectivity index (χ0n) is 5.99. The van der Waals surface area contributed by atoms with Crippen LogP contribution in [0, 0.1) is 11.3 Å². The van der Waals surface area contributed by atoms with E-state index in [0.717, 1.165) is 5.56 Å². The van der Waals surface area contributed by atoms with Crippen LogP contribution in [0.25, 0.3) is 5.57 Å². The lowest BCUT2D eigenvalue weighted by molar-refractivity contribution is 1.50. The summed E-state index contributed by atoms with van der Waals surface area (Å²) < 4.78 is 0. The molecule has 0 aromatic heterocycles. The highest BCUT2D eigenvalue weighted by atomic mass is 14.5. The van der Waals surface area contributed by atoms with E-state index >= 15 is 0 Å². The molecule has 1 aromatic rings. The van der Waals surface area contributed by atoms with E-state index in [2.05, 4.69) is 0 Å². The third-order valence-corrected chi connectivity index (χ3v) is 1.37. The Balaban J connectivity index is 3.05. The van der Waals surface area contributed by atoms with E-state index in [-0.39, 0.29) is 0 Å². The largest absolute Gasteiger partial charge is 0.404 e. The highest BCUT2D eigenvalue weighted by molar-refractivity contribution is 5.75. The average Bonchev–Trinajstić information content (AvgIpc) is 2.09. The van der Waals surface area contributed by atoms with Gasteiger partial charge in [-0.25, -0.2) is 0 Å². The van der Waals surface area contributed by atoms with Crippen molar-refractivity contribution >= 4 is 5.57 Å². The molecular weight excluding hydrogens is 136 g/mol. The van der Waals surface area contributed by atoms with Gasteiger partial charge < -0.3 is 5.73 Å². The summed E-state index contributed by atoms with van der Waals surface area (Å²) >= 11 is 0. The summed E-state index contributed by atoms with van der Waals surface area (Å²) in [6.07, 6.45) is 1.31. The Morgan fingerprint density at radius 1 is 1.36 bits per heavy atom. The van der Waals surface area contributed by atoms with Crippen LogP contribution in [-0.2, 0) is 0 Å². The third kappa shape index (κ3) is 1.59. The van der Waals surface area contributed by atoms with Crippen molar-refractivity contribution in [2.24, 2.45) is 5.73 Å². The minimum absolute atomic E-state index is 0.505. The van der Waals surface area contributed by atoms with Crippen molar-refractivity contribution in [1.29, 1.82) is 5.26 Å². The van der Waals surface area contributed by atoms with Gasteiger partial charge in [-0.2, -0.15) is 5.26 Å². The van der Waals surface area contributed by atoms with Crippen molar-refractivity contribution < 1.29 is 0 Å². The van der Waals surface area contributed by atoms with Gasteiger partial charge in [0.25, 0.3) is 0 Å². The second-order valence-corrected chi connectivity index (χ2v) is 2.06. The lowest BCUT2D eigenvalue weighted by Crippen LogP contribution is -1.85. The Bertz CT molecular complexity index is 293. The highest BCUT2D eigenvalue weighted by Crippen LogP contribution is 2.10. The van der Waals surface area contributed by atoms with Crippen LogP contribution in [0.3, 0.4) is 0 Å². The summed E-state index contributed by atoms with van der Waals surface area (Å²) in [6.45, 7) is 0. The number of nitrogens with two attached hydrogens (primary N) is 1. The Labute approximate surface area is 65.6 Å². The number of allylic oxidation sites excluding steroid dienone is 1. The van der Waals surface area contributed by atoms with Gasteiger partial charge in [-0.3, -0.25) is 0 Å². The maximum atomic E-state index is 8.58. The molecule has 0 saturated carbocycles. The van der Waals surface area contributed by atoms with Crippen molar-refractivity contribution in [3.63, 3.8) is 0 Å². The number of rotatable bonds is 1. The number of benzene rings is 1. The molecule has 0 aliphatic rings. The minimum atomic E-state index is 0.505. The van der Waals surface area contributed by atoms with Gasteiger partial charge in [-0.05, 0) is 5.56 Å². The fourth-order valence-electron chi connectivity index (χ4n) is 0.816. The topological polar surface area (TPSA) is 49.8 Å². The van der Waals surface area contributed by atoms with Gasteiger partial charge in [0.15, 0.2) is 0 Å². The molecule has 0 unspecified atom stereocenters. The SMILES string of the molecule is N#C/C(=C/N)c1ccccc1. The van der Waals surface area contributed by atoms with Crippen molar-refractivity contribution in [1.82, 2.24) is 0 Å². The van der Waals surface area contributed by atoms with E-state index in [1.165, 1.54) is 6.20 Å². The Kier molecular flexibility index (Phi) is 2.29. The molecule has 0 bridgehead atoms. The van der Waals surface area contributed by atoms with Gasteiger partial charge in [0.2, 0.25) is 0 Å². The van der Waals surface area contributed by atoms with Gasteiger partial charge in [0.05, 0.1) is 5.57 Å². The summed E-state index contributed by atoms with van der Waals surface area (Å²) in [5, 5.41) is 8.58. The van der Waals surface area contributed by atoms with Gasteiger partial charge in [0.1, 0.15) is 6.07 Å². The van der Waals surface area contributed by atoms with Crippen molar-refractivity contribution in [3.05, 3.63) is 42.1 Å². The zero-order chi connectivity index (χ0) is 8.10. The van der Waals surface area contributed by atoms with E-state index in [9.17, 15) is 0 Å². The first-order valence-corrected chi connectivity index (χ1v) is 3.26. The van der Waals surface area contributed by atoms with E-state index < -0.39 is 0 Å². The van der Waals surface area contributed by atoms with Crippen LogP contribution in [-0.4, -0.2) is 0 Å². The zero-order valence-corrected chi connectivity index (χ0v) is 5.99. The molecule has 0 aliphatic heterocycles. The van der Waals surface area contributed by atoms with Crippen LogP contribution in [0.1, 0.15) is 5.56 Å². The molecule has 0 aliphatic carbocycles. The molecule has 0 heterocycles. The summed E-state index contributed by atoms with van der Waals surface area (Å²) in [6, 6.07) is 11.3. The predicted octanol–water partition coefficient (Wildman–Crippen LogP) is 1.51. The molecule has 0 fully saturated rings. The first kappa shape index (κ1) is 7.36.